The highest BCUT2D eigenvalue weighted by atomic mass is 35.5. The summed E-state index contributed by atoms with van der Waals surface area (Å²) in [7, 11) is 1.63. The van der Waals surface area contributed by atoms with Crippen molar-refractivity contribution < 1.29 is 9.53 Å². The van der Waals surface area contributed by atoms with E-state index in [9.17, 15) is 4.79 Å². The molecule has 0 fully saturated rings. The summed E-state index contributed by atoms with van der Waals surface area (Å²) in [5.41, 5.74) is 2.53. The molecule has 0 bridgehead atoms. The van der Waals surface area contributed by atoms with Crippen LogP contribution in [0, 0.1) is 0 Å². The van der Waals surface area contributed by atoms with Crippen molar-refractivity contribution in [2.75, 3.05) is 7.11 Å². The molecule has 0 aliphatic rings. The Balaban J connectivity index is 2.44. The number of halogens is 1. The van der Waals surface area contributed by atoms with Crippen LogP contribution in [0.3, 0.4) is 0 Å². The van der Waals surface area contributed by atoms with Gasteiger partial charge in [0.05, 0.1) is 12.1 Å². The number of hydrogen-bond donors (Lipinski definition) is 0. The van der Waals surface area contributed by atoms with Crippen LogP contribution in [0.15, 0.2) is 42.5 Å². The third kappa shape index (κ3) is 2.54. The predicted molar refractivity (Wildman–Crippen MR) is 73.4 cm³/mol. The van der Waals surface area contributed by atoms with Crippen LogP contribution in [0.1, 0.15) is 17.3 Å². The monoisotopic (exact) mass is 260 g/mol. The van der Waals surface area contributed by atoms with Gasteiger partial charge in [-0.05, 0) is 42.3 Å². The molecule has 0 unspecified atom stereocenters. The van der Waals surface area contributed by atoms with Crippen molar-refractivity contribution in [2.45, 2.75) is 6.92 Å². The van der Waals surface area contributed by atoms with Gasteiger partial charge >= 0.3 is 0 Å². The van der Waals surface area contributed by atoms with E-state index in [2.05, 4.69) is 0 Å². The fourth-order valence-electron chi connectivity index (χ4n) is 1.76. The number of carbonyl (C=O) groups is 1. The molecule has 0 aliphatic carbocycles. The van der Waals surface area contributed by atoms with Crippen LogP contribution >= 0.6 is 11.6 Å². The maximum atomic E-state index is 11.4. The normalized spacial score (nSPS) is 10.2. The first-order valence-electron chi connectivity index (χ1n) is 5.56. The molecule has 0 radical (unpaired) electrons. The largest absolute Gasteiger partial charge is 0.497 e. The van der Waals surface area contributed by atoms with E-state index in [0.717, 1.165) is 16.9 Å². The summed E-state index contributed by atoms with van der Waals surface area (Å²) in [5.74, 6) is 0.773. The number of carbonyl (C=O) groups excluding carboxylic acids is 1. The van der Waals surface area contributed by atoms with Crippen LogP contribution in [0.2, 0.25) is 5.02 Å². The zero-order valence-electron chi connectivity index (χ0n) is 10.2. The molecule has 2 aromatic carbocycles. The first-order chi connectivity index (χ1) is 8.61. The fraction of sp³-hybridized carbons (Fsp3) is 0.133. The Morgan fingerprint density at radius 1 is 1.06 bits per heavy atom. The van der Waals surface area contributed by atoms with Crippen molar-refractivity contribution in [3.05, 3.63) is 53.1 Å². The maximum absolute atomic E-state index is 11.4. The summed E-state index contributed by atoms with van der Waals surface area (Å²) in [4.78, 5) is 11.4. The molecular formula is C15H13ClO2. The molecule has 0 saturated carbocycles. The Bertz CT molecular complexity index is 574. The van der Waals surface area contributed by atoms with Crippen molar-refractivity contribution in [3.8, 4) is 16.9 Å². The van der Waals surface area contributed by atoms with Crippen LogP contribution < -0.4 is 4.74 Å². The predicted octanol–water partition coefficient (Wildman–Crippen LogP) is 4.22. The molecule has 2 aromatic rings. The summed E-state index contributed by atoms with van der Waals surface area (Å²) in [6, 6.07) is 13.1. The van der Waals surface area contributed by atoms with Gasteiger partial charge in [-0.3, -0.25) is 4.79 Å². The van der Waals surface area contributed by atoms with E-state index in [4.69, 9.17) is 16.3 Å². The van der Waals surface area contributed by atoms with Gasteiger partial charge in [-0.25, -0.2) is 0 Å². The minimum Gasteiger partial charge on any atom is -0.497 e. The van der Waals surface area contributed by atoms with E-state index in [1.165, 1.54) is 6.92 Å². The van der Waals surface area contributed by atoms with E-state index in [1.807, 2.05) is 36.4 Å². The molecular weight excluding hydrogens is 248 g/mol. The second kappa shape index (κ2) is 5.23. The Hall–Kier alpha value is -1.80. The Labute approximate surface area is 111 Å². The lowest BCUT2D eigenvalue weighted by molar-refractivity contribution is 0.101. The number of benzene rings is 2. The first-order valence-corrected chi connectivity index (χ1v) is 5.94. The summed E-state index contributed by atoms with van der Waals surface area (Å²) < 4.78 is 5.11. The Morgan fingerprint density at radius 3 is 2.22 bits per heavy atom. The van der Waals surface area contributed by atoms with Crippen molar-refractivity contribution in [2.24, 2.45) is 0 Å². The van der Waals surface area contributed by atoms with Crippen LogP contribution in [0.5, 0.6) is 5.75 Å². The maximum Gasteiger partial charge on any atom is 0.161 e. The van der Waals surface area contributed by atoms with Gasteiger partial charge in [0.25, 0.3) is 0 Å². The van der Waals surface area contributed by atoms with E-state index in [0.29, 0.717) is 10.6 Å². The molecule has 0 spiro atoms. The van der Waals surface area contributed by atoms with Crippen molar-refractivity contribution in [3.63, 3.8) is 0 Å². The third-order valence-corrected chi connectivity index (χ3v) is 3.10. The summed E-state index contributed by atoms with van der Waals surface area (Å²) in [5, 5.41) is 0.486. The SMILES string of the molecule is COc1ccc(-c2ccc(Cl)c(C(C)=O)c2)cc1. The average molecular weight is 261 g/mol. The molecule has 2 rings (SSSR count). The van der Waals surface area contributed by atoms with Gasteiger partial charge in [0, 0.05) is 5.56 Å². The zero-order chi connectivity index (χ0) is 13.1. The Kier molecular flexibility index (Phi) is 3.68. The van der Waals surface area contributed by atoms with Gasteiger partial charge < -0.3 is 4.74 Å². The van der Waals surface area contributed by atoms with Crippen LogP contribution in [0.4, 0.5) is 0 Å². The Morgan fingerprint density at radius 2 is 1.67 bits per heavy atom. The van der Waals surface area contributed by atoms with E-state index >= 15 is 0 Å². The molecule has 0 atom stereocenters. The standard InChI is InChI=1S/C15H13ClO2/c1-10(17)14-9-12(5-8-15(14)16)11-3-6-13(18-2)7-4-11/h3-9H,1-2H3. The number of ether oxygens (including phenoxy) is 1. The lowest BCUT2D eigenvalue weighted by Gasteiger charge is -2.06. The molecule has 0 heterocycles. The number of rotatable bonds is 3. The molecule has 3 heteroatoms. The van der Waals surface area contributed by atoms with Gasteiger partial charge in [-0.2, -0.15) is 0 Å². The first kappa shape index (κ1) is 12.7. The van der Waals surface area contributed by atoms with Crippen molar-refractivity contribution in [1.82, 2.24) is 0 Å². The van der Waals surface area contributed by atoms with Crippen LogP contribution in [-0.2, 0) is 0 Å². The molecule has 0 aromatic heterocycles. The molecule has 0 N–H and O–H groups in total. The highest BCUT2D eigenvalue weighted by Gasteiger charge is 2.07. The van der Waals surface area contributed by atoms with Gasteiger partial charge in [-0.15, -0.1) is 0 Å². The molecule has 18 heavy (non-hydrogen) atoms. The van der Waals surface area contributed by atoms with Gasteiger partial charge in [0.15, 0.2) is 5.78 Å². The van der Waals surface area contributed by atoms with Gasteiger partial charge in [0.2, 0.25) is 0 Å². The van der Waals surface area contributed by atoms with E-state index in [-0.39, 0.29) is 5.78 Å². The summed E-state index contributed by atoms with van der Waals surface area (Å²) >= 11 is 5.99. The zero-order valence-corrected chi connectivity index (χ0v) is 11.0. The van der Waals surface area contributed by atoms with E-state index < -0.39 is 0 Å². The fourth-order valence-corrected chi connectivity index (χ4v) is 2.01. The van der Waals surface area contributed by atoms with Gasteiger partial charge in [0.1, 0.15) is 5.75 Å². The number of ketones is 1. The van der Waals surface area contributed by atoms with Gasteiger partial charge in [-0.1, -0.05) is 29.8 Å². The topological polar surface area (TPSA) is 26.3 Å². The van der Waals surface area contributed by atoms with E-state index in [1.54, 1.807) is 13.2 Å². The van der Waals surface area contributed by atoms with Crippen molar-refractivity contribution in [1.29, 1.82) is 0 Å². The number of methoxy groups -OCH3 is 1. The molecule has 0 aliphatic heterocycles. The average Bonchev–Trinajstić information content (AvgIpc) is 2.39. The lowest BCUT2D eigenvalue weighted by atomic mass is 10.0. The van der Waals surface area contributed by atoms with Crippen molar-refractivity contribution >= 4 is 17.4 Å². The minimum absolute atomic E-state index is 0.0321. The minimum atomic E-state index is -0.0321. The second-order valence-corrected chi connectivity index (χ2v) is 4.39. The summed E-state index contributed by atoms with van der Waals surface area (Å²) in [6.07, 6.45) is 0. The molecule has 0 amide bonds. The second-order valence-electron chi connectivity index (χ2n) is 3.98. The number of hydrogen-bond acceptors (Lipinski definition) is 2. The number of Topliss-reactive ketones (excluding diaryl/α,β-unsaturated/α-hetero) is 1. The van der Waals surface area contributed by atoms with Crippen LogP contribution in [0.25, 0.3) is 11.1 Å². The van der Waals surface area contributed by atoms with Crippen LogP contribution in [-0.4, -0.2) is 12.9 Å². The lowest BCUT2D eigenvalue weighted by Crippen LogP contribution is -1.94. The smallest absolute Gasteiger partial charge is 0.161 e. The summed E-state index contributed by atoms with van der Waals surface area (Å²) in [6.45, 7) is 1.51. The highest BCUT2D eigenvalue weighted by Crippen LogP contribution is 2.26. The molecule has 0 saturated heterocycles. The quantitative estimate of drug-likeness (QED) is 0.773. The highest BCUT2D eigenvalue weighted by molar-refractivity contribution is 6.34. The third-order valence-electron chi connectivity index (χ3n) is 2.77. The molecule has 2 nitrogen and oxygen atoms in total. The molecule has 92 valence electrons.